The molecule has 7 nitrogen and oxygen atoms in total. The first kappa shape index (κ1) is 19.5. The second-order valence-electron chi connectivity index (χ2n) is 7.70. The molecule has 1 aromatic heterocycles. The van der Waals surface area contributed by atoms with Crippen LogP contribution in [0, 0.1) is 0 Å². The maximum absolute atomic E-state index is 13.1. The lowest BCUT2D eigenvalue weighted by atomic mass is 10.1. The minimum Gasteiger partial charge on any atom is -0.338 e. The van der Waals surface area contributed by atoms with Crippen LogP contribution in [0.4, 0.5) is 0 Å². The minimum absolute atomic E-state index is 0.0112. The van der Waals surface area contributed by atoms with E-state index in [2.05, 4.69) is 22.0 Å². The van der Waals surface area contributed by atoms with E-state index in [9.17, 15) is 8.42 Å². The van der Waals surface area contributed by atoms with Crippen molar-refractivity contribution in [3.8, 4) is 0 Å². The summed E-state index contributed by atoms with van der Waals surface area (Å²) in [6, 6.07) is 5.61. The van der Waals surface area contributed by atoms with Gasteiger partial charge in [0.05, 0.1) is 10.9 Å². The van der Waals surface area contributed by atoms with Gasteiger partial charge in [0.15, 0.2) is 5.82 Å². The lowest BCUT2D eigenvalue weighted by Crippen LogP contribution is -2.49. The zero-order valence-corrected chi connectivity index (χ0v) is 17.4. The number of aryl methyl sites for hydroxylation is 3. The first-order valence-corrected chi connectivity index (χ1v) is 11.6. The molecule has 0 N–H and O–H groups in total. The van der Waals surface area contributed by atoms with E-state index in [1.165, 1.54) is 11.1 Å². The fourth-order valence-corrected chi connectivity index (χ4v) is 5.58. The van der Waals surface area contributed by atoms with Gasteiger partial charge in [0.2, 0.25) is 15.9 Å². The Hall–Kier alpha value is -1.77. The number of hydrogen-bond acceptors (Lipinski definition) is 6. The molecule has 1 atom stereocenters. The van der Waals surface area contributed by atoms with E-state index in [4.69, 9.17) is 4.52 Å². The molecule has 8 heteroatoms. The molecular weight excluding hydrogens is 376 g/mol. The average Bonchev–Trinajstić information content (AvgIpc) is 3.36. The second-order valence-corrected chi connectivity index (χ2v) is 9.64. The molecule has 0 spiro atoms. The maximum atomic E-state index is 13.1. The Morgan fingerprint density at radius 1 is 1.14 bits per heavy atom. The predicted octanol–water partition coefficient (Wildman–Crippen LogP) is 2.58. The summed E-state index contributed by atoms with van der Waals surface area (Å²) in [6.45, 7) is 6.36. The van der Waals surface area contributed by atoms with Crippen molar-refractivity contribution in [2.45, 2.75) is 56.9 Å². The number of aromatic nitrogens is 2. The number of sulfonamides is 1. The Bertz CT molecular complexity index is 933. The number of benzene rings is 1. The number of piperazine rings is 1. The fraction of sp³-hybridized carbons (Fsp3) is 0.600. The Kier molecular flexibility index (Phi) is 5.53. The zero-order valence-electron chi connectivity index (χ0n) is 16.6. The number of nitrogens with zero attached hydrogens (tertiary/aromatic N) is 4. The van der Waals surface area contributed by atoms with Crippen LogP contribution in [0.1, 0.15) is 55.6 Å². The van der Waals surface area contributed by atoms with Crippen molar-refractivity contribution < 1.29 is 12.9 Å². The van der Waals surface area contributed by atoms with Gasteiger partial charge in [-0.3, -0.25) is 4.90 Å². The fourth-order valence-electron chi connectivity index (χ4n) is 4.11. The van der Waals surface area contributed by atoms with Crippen LogP contribution in [0.15, 0.2) is 27.6 Å². The molecule has 2 heterocycles. The highest BCUT2D eigenvalue weighted by molar-refractivity contribution is 7.89. The highest BCUT2D eigenvalue weighted by atomic mass is 32.2. The van der Waals surface area contributed by atoms with Crippen LogP contribution in [-0.4, -0.2) is 53.9 Å². The predicted molar refractivity (Wildman–Crippen MR) is 106 cm³/mol. The first-order valence-electron chi connectivity index (χ1n) is 10.2. The Morgan fingerprint density at radius 2 is 1.89 bits per heavy atom. The second kappa shape index (κ2) is 7.93. The van der Waals surface area contributed by atoms with Gasteiger partial charge < -0.3 is 4.52 Å². The molecule has 1 aliphatic heterocycles. The lowest BCUT2D eigenvalue weighted by Gasteiger charge is -2.36. The van der Waals surface area contributed by atoms with Crippen LogP contribution >= 0.6 is 0 Å². The monoisotopic (exact) mass is 404 g/mol. The van der Waals surface area contributed by atoms with Gasteiger partial charge in [0.25, 0.3) is 0 Å². The van der Waals surface area contributed by atoms with E-state index < -0.39 is 10.0 Å². The van der Waals surface area contributed by atoms with E-state index in [1.807, 2.05) is 19.1 Å². The minimum atomic E-state index is -3.45. The Morgan fingerprint density at radius 3 is 2.64 bits per heavy atom. The Balaban J connectivity index is 1.41. The molecule has 2 aromatic rings. The van der Waals surface area contributed by atoms with E-state index in [1.54, 1.807) is 10.4 Å². The van der Waals surface area contributed by atoms with Crippen molar-refractivity contribution in [1.82, 2.24) is 19.3 Å². The van der Waals surface area contributed by atoms with E-state index in [-0.39, 0.29) is 6.04 Å². The van der Waals surface area contributed by atoms with Crippen molar-refractivity contribution in [1.29, 1.82) is 0 Å². The lowest BCUT2D eigenvalue weighted by molar-refractivity contribution is 0.124. The molecule has 0 saturated carbocycles. The third-order valence-corrected chi connectivity index (χ3v) is 7.74. The quantitative estimate of drug-likeness (QED) is 0.736. The zero-order chi connectivity index (χ0) is 19.7. The third kappa shape index (κ3) is 3.73. The molecular formula is C20H28N4O3S. The van der Waals surface area contributed by atoms with Gasteiger partial charge in [0, 0.05) is 32.6 Å². The van der Waals surface area contributed by atoms with Gasteiger partial charge in [-0.1, -0.05) is 18.1 Å². The molecule has 0 radical (unpaired) electrons. The standard InChI is InChI=1S/C20H28N4O3S/c1-3-5-19-21-20(27-22-19)15(2)23-10-12-24(13-11-23)28(25,26)18-9-8-16-6-4-7-17(16)14-18/h8-9,14-15H,3-7,10-13H2,1-2H3. The summed E-state index contributed by atoms with van der Waals surface area (Å²) in [5.74, 6) is 1.35. The number of fused-ring (bicyclic) bond motifs is 1. The molecule has 152 valence electrons. The molecule has 1 aromatic carbocycles. The molecule has 1 unspecified atom stereocenters. The highest BCUT2D eigenvalue weighted by Crippen LogP contribution is 2.28. The van der Waals surface area contributed by atoms with Gasteiger partial charge in [-0.2, -0.15) is 9.29 Å². The van der Waals surface area contributed by atoms with Crippen LogP contribution in [0.3, 0.4) is 0 Å². The summed E-state index contributed by atoms with van der Waals surface area (Å²) >= 11 is 0. The van der Waals surface area contributed by atoms with Crippen molar-refractivity contribution in [3.05, 3.63) is 41.0 Å². The van der Waals surface area contributed by atoms with Crippen LogP contribution in [0.2, 0.25) is 0 Å². The van der Waals surface area contributed by atoms with Crippen molar-refractivity contribution >= 4 is 10.0 Å². The number of hydrogen-bond donors (Lipinski definition) is 0. The van der Waals surface area contributed by atoms with Crippen LogP contribution in [0.5, 0.6) is 0 Å². The summed E-state index contributed by atoms with van der Waals surface area (Å²) in [6.07, 6.45) is 4.94. The summed E-state index contributed by atoms with van der Waals surface area (Å²) in [5.41, 5.74) is 2.48. The van der Waals surface area contributed by atoms with Crippen molar-refractivity contribution in [3.63, 3.8) is 0 Å². The summed E-state index contributed by atoms with van der Waals surface area (Å²) < 4.78 is 33.2. The van der Waals surface area contributed by atoms with Gasteiger partial charge in [-0.05, 0) is 55.9 Å². The molecule has 1 fully saturated rings. The van der Waals surface area contributed by atoms with Gasteiger partial charge >= 0.3 is 0 Å². The van der Waals surface area contributed by atoms with Gasteiger partial charge in [-0.25, -0.2) is 8.42 Å². The summed E-state index contributed by atoms with van der Waals surface area (Å²) in [7, 11) is -3.45. The largest absolute Gasteiger partial charge is 0.338 e. The highest BCUT2D eigenvalue weighted by Gasteiger charge is 2.32. The molecule has 28 heavy (non-hydrogen) atoms. The molecule has 1 aliphatic carbocycles. The third-order valence-electron chi connectivity index (χ3n) is 5.84. The number of rotatable bonds is 6. The van der Waals surface area contributed by atoms with Gasteiger partial charge in [0.1, 0.15) is 0 Å². The maximum Gasteiger partial charge on any atom is 0.243 e. The smallest absolute Gasteiger partial charge is 0.243 e. The molecule has 4 rings (SSSR count). The summed E-state index contributed by atoms with van der Waals surface area (Å²) in [4.78, 5) is 7.11. The topological polar surface area (TPSA) is 79.5 Å². The van der Waals surface area contributed by atoms with E-state index >= 15 is 0 Å². The molecule has 2 aliphatic rings. The van der Waals surface area contributed by atoms with Crippen LogP contribution < -0.4 is 0 Å². The van der Waals surface area contributed by atoms with Crippen molar-refractivity contribution in [2.24, 2.45) is 0 Å². The molecule has 0 amide bonds. The van der Waals surface area contributed by atoms with Gasteiger partial charge in [-0.15, -0.1) is 0 Å². The van der Waals surface area contributed by atoms with Crippen molar-refractivity contribution in [2.75, 3.05) is 26.2 Å². The average molecular weight is 405 g/mol. The summed E-state index contributed by atoms with van der Waals surface area (Å²) in [5, 5.41) is 4.03. The van der Waals surface area contributed by atoms with E-state index in [0.717, 1.165) is 37.9 Å². The van der Waals surface area contributed by atoms with Crippen LogP contribution in [0.25, 0.3) is 0 Å². The molecule has 0 bridgehead atoms. The van der Waals surface area contributed by atoms with E-state index in [0.29, 0.717) is 37.0 Å². The SMILES string of the molecule is CCCc1noc(C(C)N2CCN(S(=O)(=O)c3ccc4c(c3)CCC4)CC2)n1. The Labute approximate surface area is 166 Å². The first-order chi connectivity index (χ1) is 13.5. The molecule has 1 saturated heterocycles. The normalized spacial score (nSPS) is 19.6. The van der Waals surface area contributed by atoms with Crippen LogP contribution in [-0.2, 0) is 29.3 Å².